The molecule has 0 saturated heterocycles. The molecule has 0 N–H and O–H groups in total. The molecule has 4 nitrogen and oxygen atoms in total. The third kappa shape index (κ3) is 8.72. The fraction of sp³-hybridized carbons (Fsp3) is 0.846. The molecule has 0 spiro atoms. The van der Waals surface area contributed by atoms with Crippen LogP contribution in [0.2, 0.25) is 0 Å². The van der Waals surface area contributed by atoms with Crippen molar-refractivity contribution in [3.8, 4) is 0 Å². The quantitative estimate of drug-likeness (QED) is 0.485. The number of hydrogen-bond donors (Lipinski definition) is 0. The zero-order valence-corrected chi connectivity index (χ0v) is 11.2. The van der Waals surface area contributed by atoms with Gasteiger partial charge >= 0.3 is 12.4 Å². The van der Waals surface area contributed by atoms with E-state index >= 15 is 0 Å². The molecule has 0 rings (SSSR count). The second-order valence-corrected chi connectivity index (χ2v) is 5.35. The molecule has 1 atom stereocenters. The van der Waals surface area contributed by atoms with Gasteiger partial charge in [0.2, 0.25) is 0 Å². The van der Waals surface area contributed by atoms with Gasteiger partial charge in [-0.25, -0.2) is 9.59 Å². The Labute approximate surface area is 104 Å². The van der Waals surface area contributed by atoms with E-state index < -0.39 is 12.1 Å². The van der Waals surface area contributed by atoms with Gasteiger partial charge in [0.25, 0.3) is 0 Å². The Morgan fingerprint density at radius 3 is 2.41 bits per heavy atom. The molecule has 1 radical (unpaired) electrons. The van der Waals surface area contributed by atoms with Crippen LogP contribution in [0.5, 0.6) is 0 Å². The van der Waals surface area contributed by atoms with E-state index in [1.165, 1.54) is 6.47 Å². The first-order valence-corrected chi connectivity index (χ1v) is 6.10. The molecule has 0 amide bonds. The lowest BCUT2D eigenvalue weighted by Crippen LogP contribution is -2.29. The summed E-state index contributed by atoms with van der Waals surface area (Å²) in [7, 11) is 0. The molecule has 0 aliphatic rings. The van der Waals surface area contributed by atoms with E-state index in [0.29, 0.717) is 13.0 Å². The van der Waals surface area contributed by atoms with Crippen LogP contribution in [-0.4, -0.2) is 25.2 Å². The number of esters is 1. The van der Waals surface area contributed by atoms with Gasteiger partial charge < -0.3 is 9.47 Å². The van der Waals surface area contributed by atoms with Crippen molar-refractivity contribution in [3.63, 3.8) is 0 Å². The molecule has 0 bridgehead atoms. The summed E-state index contributed by atoms with van der Waals surface area (Å²) in [5.74, 6) is -0.473. The maximum absolute atomic E-state index is 11.6. The van der Waals surface area contributed by atoms with Crippen LogP contribution in [-0.2, 0) is 19.1 Å². The van der Waals surface area contributed by atoms with Crippen molar-refractivity contribution in [2.75, 3.05) is 6.61 Å². The standard InChI is InChI=1S/C13H23O4/c1-5-6-7-8-11(17-10-14)12(15)16-9-13(2,3)4/h11H,5-9H2,1-4H3. The minimum atomic E-state index is -0.804. The SMILES string of the molecule is CCCCCC(O[C]=O)C(=O)OCC(C)(C)C. The summed E-state index contributed by atoms with van der Waals surface area (Å²) in [6.45, 7) is 9.62. The van der Waals surface area contributed by atoms with E-state index in [4.69, 9.17) is 4.74 Å². The molecule has 17 heavy (non-hydrogen) atoms. The highest BCUT2D eigenvalue weighted by Crippen LogP contribution is 2.15. The number of carbonyl (C=O) groups excluding carboxylic acids is 2. The number of carbonyl (C=O) groups is 1. The lowest BCUT2D eigenvalue weighted by Gasteiger charge is -2.20. The van der Waals surface area contributed by atoms with Gasteiger partial charge in [0.1, 0.15) is 0 Å². The van der Waals surface area contributed by atoms with Gasteiger partial charge in [-0.2, -0.15) is 0 Å². The summed E-state index contributed by atoms with van der Waals surface area (Å²) in [6, 6.07) is 0. The molecule has 0 aromatic carbocycles. The predicted octanol–water partition coefficient (Wildman–Crippen LogP) is 2.61. The van der Waals surface area contributed by atoms with Crippen LogP contribution < -0.4 is 0 Å². The van der Waals surface area contributed by atoms with E-state index in [9.17, 15) is 9.59 Å². The number of ether oxygens (including phenoxy) is 2. The third-order valence-corrected chi connectivity index (χ3v) is 2.17. The zero-order chi connectivity index (χ0) is 13.3. The lowest BCUT2D eigenvalue weighted by molar-refractivity contribution is -0.155. The summed E-state index contributed by atoms with van der Waals surface area (Å²) in [5, 5.41) is 0. The fourth-order valence-electron chi connectivity index (χ4n) is 1.24. The lowest BCUT2D eigenvalue weighted by atomic mass is 9.99. The Kier molecular flexibility index (Phi) is 7.59. The second-order valence-electron chi connectivity index (χ2n) is 5.35. The van der Waals surface area contributed by atoms with Gasteiger partial charge in [-0.05, 0) is 18.3 Å². The first kappa shape index (κ1) is 15.9. The number of unbranched alkanes of at least 4 members (excludes halogenated alkanes) is 2. The number of rotatable bonds is 8. The summed E-state index contributed by atoms with van der Waals surface area (Å²) in [4.78, 5) is 21.8. The first-order valence-electron chi connectivity index (χ1n) is 6.10. The molecule has 0 saturated carbocycles. The highest BCUT2D eigenvalue weighted by atomic mass is 16.6. The van der Waals surface area contributed by atoms with Gasteiger partial charge in [-0.3, -0.25) is 0 Å². The summed E-state index contributed by atoms with van der Waals surface area (Å²) in [5.41, 5.74) is -0.0888. The third-order valence-electron chi connectivity index (χ3n) is 2.17. The van der Waals surface area contributed by atoms with Gasteiger partial charge in [-0.15, -0.1) is 0 Å². The van der Waals surface area contributed by atoms with Crippen molar-refractivity contribution in [2.45, 2.75) is 59.5 Å². The van der Waals surface area contributed by atoms with Gasteiger partial charge in [-0.1, -0.05) is 40.5 Å². The predicted molar refractivity (Wildman–Crippen MR) is 65.1 cm³/mol. The van der Waals surface area contributed by atoms with Crippen molar-refractivity contribution >= 4 is 12.4 Å². The topological polar surface area (TPSA) is 52.6 Å². The largest absolute Gasteiger partial charge is 0.462 e. The molecule has 0 aromatic rings. The molecule has 99 valence electrons. The van der Waals surface area contributed by atoms with Crippen molar-refractivity contribution in [2.24, 2.45) is 5.41 Å². The van der Waals surface area contributed by atoms with Crippen LogP contribution in [0.15, 0.2) is 0 Å². The molecule has 4 heteroatoms. The summed E-state index contributed by atoms with van der Waals surface area (Å²) < 4.78 is 9.74. The average molecular weight is 243 g/mol. The monoisotopic (exact) mass is 243 g/mol. The molecular formula is C13H23O4. The smallest absolute Gasteiger partial charge is 0.418 e. The maximum atomic E-state index is 11.6. The Hall–Kier alpha value is -1.06. The molecule has 0 aliphatic carbocycles. The van der Waals surface area contributed by atoms with Crippen molar-refractivity contribution < 1.29 is 19.1 Å². The zero-order valence-electron chi connectivity index (χ0n) is 11.2. The van der Waals surface area contributed by atoms with Crippen LogP contribution in [0.4, 0.5) is 0 Å². The molecule has 0 aromatic heterocycles. The summed E-state index contributed by atoms with van der Waals surface area (Å²) in [6.07, 6.45) is 2.60. The van der Waals surface area contributed by atoms with Crippen molar-refractivity contribution in [1.82, 2.24) is 0 Å². The Morgan fingerprint density at radius 2 is 1.94 bits per heavy atom. The normalized spacial score (nSPS) is 12.9. The van der Waals surface area contributed by atoms with E-state index in [-0.39, 0.29) is 5.41 Å². The van der Waals surface area contributed by atoms with E-state index in [1.54, 1.807) is 0 Å². The van der Waals surface area contributed by atoms with E-state index in [0.717, 1.165) is 19.3 Å². The summed E-state index contributed by atoms with van der Waals surface area (Å²) >= 11 is 0. The highest BCUT2D eigenvalue weighted by molar-refractivity contribution is 5.75. The molecule has 1 unspecified atom stereocenters. The van der Waals surface area contributed by atoms with Crippen LogP contribution >= 0.6 is 0 Å². The van der Waals surface area contributed by atoms with E-state index in [1.807, 2.05) is 20.8 Å². The van der Waals surface area contributed by atoms with Crippen molar-refractivity contribution in [1.29, 1.82) is 0 Å². The minimum absolute atomic E-state index is 0.0888. The number of hydrogen-bond acceptors (Lipinski definition) is 4. The van der Waals surface area contributed by atoms with Crippen molar-refractivity contribution in [3.05, 3.63) is 0 Å². The van der Waals surface area contributed by atoms with E-state index in [2.05, 4.69) is 11.7 Å². The average Bonchev–Trinajstić information content (AvgIpc) is 2.24. The van der Waals surface area contributed by atoms with Crippen LogP contribution in [0.1, 0.15) is 53.4 Å². The van der Waals surface area contributed by atoms with Crippen LogP contribution in [0.3, 0.4) is 0 Å². The van der Waals surface area contributed by atoms with Crippen LogP contribution in [0, 0.1) is 5.41 Å². The molecular weight excluding hydrogens is 220 g/mol. The second kappa shape index (κ2) is 8.09. The first-order chi connectivity index (χ1) is 7.90. The fourth-order valence-corrected chi connectivity index (χ4v) is 1.24. The van der Waals surface area contributed by atoms with Gasteiger partial charge in [0.15, 0.2) is 6.10 Å². The maximum Gasteiger partial charge on any atom is 0.418 e. The molecule has 0 fully saturated rings. The van der Waals surface area contributed by atoms with Crippen LogP contribution in [0.25, 0.3) is 0 Å². The molecule has 0 heterocycles. The Bertz CT molecular complexity index is 230. The Morgan fingerprint density at radius 1 is 1.29 bits per heavy atom. The van der Waals surface area contributed by atoms with Gasteiger partial charge in [0.05, 0.1) is 6.61 Å². The van der Waals surface area contributed by atoms with Gasteiger partial charge in [0, 0.05) is 0 Å². The highest BCUT2D eigenvalue weighted by Gasteiger charge is 2.23. The molecule has 0 aliphatic heterocycles. The minimum Gasteiger partial charge on any atom is -0.462 e. The Balaban J connectivity index is 4.09.